The molecule has 11 heteroatoms. The van der Waals surface area contributed by atoms with E-state index in [2.05, 4.69) is 30.3 Å². The third-order valence-electron chi connectivity index (χ3n) is 3.43. The molecule has 136 valence electrons. The molecule has 1 aromatic heterocycles. The Labute approximate surface area is 158 Å². The number of carbonyl (C=O) groups excluding carboxylic acids is 1. The van der Waals surface area contributed by atoms with Gasteiger partial charge >= 0.3 is 16.2 Å². The molecule has 2 N–H and O–H groups in total. The molecule has 0 atom stereocenters. The van der Waals surface area contributed by atoms with Crippen LogP contribution >= 0.6 is 15.9 Å². The fourth-order valence-electron chi connectivity index (χ4n) is 2.34. The lowest BCUT2D eigenvalue weighted by atomic mass is 10.1. The molecule has 2 aromatic rings. The summed E-state index contributed by atoms with van der Waals surface area (Å²) in [5, 5.41) is 0. The molecule has 0 bridgehead atoms. The van der Waals surface area contributed by atoms with Gasteiger partial charge in [0, 0.05) is 5.56 Å². The lowest BCUT2D eigenvalue weighted by Gasteiger charge is -2.26. The Hall–Kier alpha value is -2.53. The summed E-state index contributed by atoms with van der Waals surface area (Å²) < 4.78 is 34.2. The number of halogens is 1. The zero-order valence-corrected chi connectivity index (χ0v) is 16.0. The molecule has 1 aliphatic heterocycles. The second kappa shape index (κ2) is 7.00. The first-order chi connectivity index (χ1) is 12.3. The van der Waals surface area contributed by atoms with Gasteiger partial charge in [-0.15, -0.1) is 4.40 Å². The molecule has 0 aliphatic carbocycles. The zero-order valence-electron chi connectivity index (χ0n) is 13.6. The summed E-state index contributed by atoms with van der Waals surface area (Å²) in [6.45, 7) is 1.16. The predicted molar refractivity (Wildman–Crippen MR) is 98.8 cm³/mol. The van der Waals surface area contributed by atoms with Gasteiger partial charge in [-0.25, -0.2) is 14.3 Å². The van der Waals surface area contributed by atoms with Crippen molar-refractivity contribution in [3.8, 4) is 11.3 Å². The van der Waals surface area contributed by atoms with Crippen LogP contribution in [0.25, 0.3) is 11.3 Å². The number of esters is 1. The van der Waals surface area contributed by atoms with E-state index in [1.165, 1.54) is 0 Å². The number of amidine groups is 1. The second-order valence-electron chi connectivity index (χ2n) is 5.17. The van der Waals surface area contributed by atoms with E-state index < -0.39 is 22.7 Å². The molecule has 9 nitrogen and oxygen atoms in total. The number of anilines is 1. The van der Waals surface area contributed by atoms with E-state index in [1.807, 2.05) is 18.2 Å². The molecule has 1 aromatic carbocycles. The number of aromatic nitrogens is 2. The van der Waals surface area contributed by atoms with E-state index in [4.69, 9.17) is 10.5 Å². The van der Waals surface area contributed by atoms with Gasteiger partial charge in [0.05, 0.1) is 6.61 Å². The molecule has 0 unspecified atom stereocenters. The van der Waals surface area contributed by atoms with Gasteiger partial charge in [-0.1, -0.05) is 30.3 Å². The molecule has 0 radical (unpaired) electrons. The molecule has 0 spiro atoms. The Morgan fingerprint density at radius 3 is 2.58 bits per heavy atom. The molecular weight excluding hydrogens is 426 g/mol. The lowest BCUT2D eigenvalue weighted by Crippen LogP contribution is -2.42. The maximum atomic E-state index is 12.4. The zero-order chi connectivity index (χ0) is 18.9. The summed E-state index contributed by atoms with van der Waals surface area (Å²) in [6, 6.07) is 9.06. The number of hydrogen-bond acceptors (Lipinski definition) is 7. The molecule has 0 fully saturated rings. The Kier molecular flexibility index (Phi) is 4.92. The van der Waals surface area contributed by atoms with Crippen molar-refractivity contribution < 1.29 is 17.9 Å². The maximum absolute atomic E-state index is 12.4. The normalized spacial score (nSPS) is 15.2. The van der Waals surface area contributed by atoms with Crippen LogP contribution in [0.2, 0.25) is 0 Å². The van der Waals surface area contributed by atoms with E-state index in [0.29, 0.717) is 15.9 Å². The van der Waals surface area contributed by atoms with Gasteiger partial charge in [-0.3, -0.25) is 4.79 Å². The average Bonchev–Trinajstić information content (AvgIpc) is 2.59. The molecule has 0 saturated carbocycles. The minimum absolute atomic E-state index is 0.0654. The second-order valence-corrected chi connectivity index (χ2v) is 7.44. The van der Waals surface area contributed by atoms with E-state index in [1.54, 1.807) is 19.1 Å². The summed E-state index contributed by atoms with van der Waals surface area (Å²) in [6.07, 6.45) is 0. The predicted octanol–water partition coefficient (Wildman–Crippen LogP) is 1.24. The van der Waals surface area contributed by atoms with Crippen molar-refractivity contribution in [2.45, 2.75) is 6.92 Å². The summed E-state index contributed by atoms with van der Waals surface area (Å²) in [7, 11) is -4.23. The van der Waals surface area contributed by atoms with Gasteiger partial charge in [-0.2, -0.15) is 8.42 Å². The molecule has 0 saturated heterocycles. The first-order valence-corrected chi connectivity index (χ1v) is 9.69. The smallest absolute Gasteiger partial charge is 0.348 e. The van der Waals surface area contributed by atoms with Crippen LogP contribution in [-0.2, 0) is 19.7 Å². The average molecular weight is 440 g/mol. The molecule has 0 amide bonds. The standard InChI is InChI=1S/C15H14BrN5O4S/c1-2-25-10(22)8-21-15-12(14(17)20-26(21,23)24)18-13(16)11(19-15)9-6-4-3-5-7-9/h3-7H,2,8H2,1H3,(H2,17,20). The minimum atomic E-state index is -4.23. The number of ether oxygens (including phenoxy) is 1. The largest absolute Gasteiger partial charge is 0.465 e. The Morgan fingerprint density at radius 1 is 1.23 bits per heavy atom. The topological polar surface area (TPSA) is 128 Å². The molecule has 1 aliphatic rings. The van der Waals surface area contributed by atoms with Crippen LogP contribution in [0.5, 0.6) is 0 Å². The first-order valence-electron chi connectivity index (χ1n) is 7.50. The number of fused-ring (bicyclic) bond motifs is 1. The van der Waals surface area contributed by atoms with Gasteiger partial charge in [0.15, 0.2) is 17.3 Å². The Bertz CT molecular complexity index is 995. The lowest BCUT2D eigenvalue weighted by molar-refractivity contribution is -0.141. The highest BCUT2D eigenvalue weighted by atomic mass is 79.9. The van der Waals surface area contributed by atoms with Crippen LogP contribution in [0, 0.1) is 0 Å². The maximum Gasteiger partial charge on any atom is 0.348 e. The fraction of sp³-hybridized carbons (Fsp3) is 0.200. The van der Waals surface area contributed by atoms with Crippen molar-refractivity contribution in [2.24, 2.45) is 10.1 Å². The number of nitrogens with zero attached hydrogens (tertiary/aromatic N) is 4. The van der Waals surface area contributed by atoms with Gasteiger partial charge in [0.1, 0.15) is 16.8 Å². The molecule has 26 heavy (non-hydrogen) atoms. The minimum Gasteiger partial charge on any atom is -0.465 e. The number of hydrogen-bond donors (Lipinski definition) is 1. The fourth-order valence-corrected chi connectivity index (χ4v) is 3.88. The first kappa shape index (κ1) is 18.3. The van der Waals surface area contributed by atoms with E-state index in [9.17, 15) is 13.2 Å². The van der Waals surface area contributed by atoms with E-state index in [0.717, 1.165) is 4.31 Å². The van der Waals surface area contributed by atoms with E-state index in [-0.39, 0.29) is 24.0 Å². The number of rotatable bonds is 4. The quantitative estimate of drug-likeness (QED) is 0.709. The Morgan fingerprint density at radius 2 is 1.92 bits per heavy atom. The van der Waals surface area contributed by atoms with Crippen LogP contribution in [0.15, 0.2) is 39.3 Å². The monoisotopic (exact) mass is 439 g/mol. The highest BCUT2D eigenvalue weighted by Gasteiger charge is 2.35. The summed E-state index contributed by atoms with van der Waals surface area (Å²) in [5.74, 6) is -1.11. The molecule has 2 heterocycles. The van der Waals surface area contributed by atoms with Gasteiger partial charge in [-0.05, 0) is 22.9 Å². The van der Waals surface area contributed by atoms with Crippen molar-refractivity contribution in [2.75, 3.05) is 17.5 Å². The molecular formula is C15H14BrN5O4S. The van der Waals surface area contributed by atoms with Crippen LogP contribution < -0.4 is 10.0 Å². The van der Waals surface area contributed by atoms with Crippen molar-refractivity contribution >= 4 is 43.8 Å². The third-order valence-corrected chi connectivity index (χ3v) is 5.27. The third kappa shape index (κ3) is 3.40. The van der Waals surface area contributed by atoms with Crippen LogP contribution in [0.3, 0.4) is 0 Å². The van der Waals surface area contributed by atoms with Crippen LogP contribution in [0.1, 0.15) is 12.6 Å². The van der Waals surface area contributed by atoms with Crippen molar-refractivity contribution in [3.05, 3.63) is 40.6 Å². The number of carbonyl (C=O) groups is 1. The summed E-state index contributed by atoms with van der Waals surface area (Å²) >= 11 is 3.32. The summed E-state index contributed by atoms with van der Waals surface area (Å²) in [5.41, 5.74) is 6.92. The Balaban J connectivity index is 2.17. The highest BCUT2D eigenvalue weighted by molar-refractivity contribution is 9.10. The highest BCUT2D eigenvalue weighted by Crippen LogP contribution is 2.32. The van der Waals surface area contributed by atoms with Gasteiger partial charge in [0.25, 0.3) is 0 Å². The molecule has 3 rings (SSSR count). The SMILES string of the molecule is CCOC(=O)CN1c2nc(-c3ccccc3)c(Br)nc2C(N)=NS1(=O)=O. The van der Waals surface area contributed by atoms with Crippen molar-refractivity contribution in [1.82, 2.24) is 9.97 Å². The number of benzene rings is 1. The van der Waals surface area contributed by atoms with Crippen molar-refractivity contribution in [3.63, 3.8) is 0 Å². The van der Waals surface area contributed by atoms with Gasteiger partial charge < -0.3 is 10.5 Å². The van der Waals surface area contributed by atoms with E-state index >= 15 is 0 Å². The van der Waals surface area contributed by atoms with Gasteiger partial charge in [0.2, 0.25) is 0 Å². The van der Waals surface area contributed by atoms with Crippen LogP contribution in [-0.4, -0.2) is 43.3 Å². The number of nitrogens with two attached hydrogens (primary N) is 1. The van der Waals surface area contributed by atoms with Crippen LogP contribution in [0.4, 0.5) is 5.82 Å². The van der Waals surface area contributed by atoms with Crippen molar-refractivity contribution in [1.29, 1.82) is 0 Å². The summed E-state index contributed by atoms with van der Waals surface area (Å²) in [4.78, 5) is 20.5.